The van der Waals surface area contributed by atoms with Crippen molar-refractivity contribution in [3.63, 3.8) is 0 Å². The van der Waals surface area contributed by atoms with Gasteiger partial charge in [-0.05, 0) is 61.4 Å². The van der Waals surface area contributed by atoms with Crippen LogP contribution in [0, 0.1) is 11.2 Å². The third-order valence-corrected chi connectivity index (χ3v) is 4.61. The summed E-state index contributed by atoms with van der Waals surface area (Å²) in [5, 5.41) is 6.97. The highest BCUT2D eigenvalue weighted by Gasteiger charge is 2.25. The summed E-state index contributed by atoms with van der Waals surface area (Å²) >= 11 is 5.82. The van der Waals surface area contributed by atoms with Gasteiger partial charge in [0, 0.05) is 17.1 Å². The van der Waals surface area contributed by atoms with E-state index in [4.69, 9.17) is 11.6 Å². The maximum absolute atomic E-state index is 13.3. The first-order valence-electron chi connectivity index (χ1n) is 8.69. The number of hydrogen-bond acceptors (Lipinski definition) is 2. The topological polar surface area (TPSA) is 41.1 Å². The van der Waals surface area contributed by atoms with E-state index in [1.807, 2.05) is 0 Å². The molecule has 0 heterocycles. The summed E-state index contributed by atoms with van der Waals surface area (Å²) in [6.07, 6.45) is 4.33. The van der Waals surface area contributed by atoms with E-state index in [0.29, 0.717) is 22.0 Å². The average Bonchev–Trinajstić information content (AvgIpc) is 2.83. The van der Waals surface area contributed by atoms with E-state index in [9.17, 15) is 9.18 Å². The maximum atomic E-state index is 13.3. The van der Waals surface area contributed by atoms with Crippen molar-refractivity contribution in [3.8, 4) is 0 Å². The Labute approximate surface area is 149 Å². The number of carbonyl (C=O) groups excluding carboxylic acids is 1. The second-order valence-corrected chi connectivity index (χ2v) is 8.43. The van der Waals surface area contributed by atoms with Crippen molar-refractivity contribution in [1.29, 1.82) is 0 Å². The van der Waals surface area contributed by atoms with E-state index in [-0.39, 0.29) is 18.4 Å². The van der Waals surface area contributed by atoms with Gasteiger partial charge < -0.3 is 10.6 Å². The standard InChI is InChI=1S/C19H28ClFN2O/c1-19(2,3)6-7-22-16-4-5-17(12-16)23-18(24)10-13-8-14(20)11-15(21)9-13/h8-9,11,16-17,22H,4-7,10,12H2,1-3H3,(H,23,24)/t16-,17-/m0/s1. The quantitative estimate of drug-likeness (QED) is 0.808. The van der Waals surface area contributed by atoms with Crippen LogP contribution in [0.1, 0.15) is 52.0 Å². The molecule has 0 saturated heterocycles. The van der Waals surface area contributed by atoms with Gasteiger partial charge in [-0.2, -0.15) is 0 Å². The van der Waals surface area contributed by atoms with Gasteiger partial charge in [-0.3, -0.25) is 4.79 Å². The third kappa shape index (κ3) is 6.78. The summed E-state index contributed by atoms with van der Waals surface area (Å²) in [7, 11) is 0. The Balaban J connectivity index is 1.73. The molecule has 1 aliphatic rings. The second kappa shape index (κ2) is 8.30. The smallest absolute Gasteiger partial charge is 0.224 e. The predicted molar refractivity (Wildman–Crippen MR) is 96.8 cm³/mol. The molecule has 0 aliphatic heterocycles. The first-order chi connectivity index (χ1) is 11.2. The van der Waals surface area contributed by atoms with Gasteiger partial charge in [-0.15, -0.1) is 0 Å². The molecule has 1 amide bonds. The highest BCUT2D eigenvalue weighted by atomic mass is 35.5. The molecule has 0 bridgehead atoms. The second-order valence-electron chi connectivity index (χ2n) is 7.99. The van der Waals surface area contributed by atoms with Gasteiger partial charge in [0.2, 0.25) is 5.91 Å². The largest absolute Gasteiger partial charge is 0.353 e. The SMILES string of the molecule is CC(C)(C)CCN[C@H]1CC[C@H](NC(=O)Cc2cc(F)cc(Cl)c2)C1. The van der Waals surface area contributed by atoms with E-state index in [1.54, 1.807) is 6.07 Å². The zero-order valence-corrected chi connectivity index (χ0v) is 15.5. The Morgan fingerprint density at radius 1 is 1.25 bits per heavy atom. The highest BCUT2D eigenvalue weighted by molar-refractivity contribution is 6.30. The zero-order valence-electron chi connectivity index (χ0n) is 14.8. The minimum atomic E-state index is -0.408. The van der Waals surface area contributed by atoms with Crippen molar-refractivity contribution in [2.75, 3.05) is 6.54 Å². The van der Waals surface area contributed by atoms with Gasteiger partial charge in [-0.25, -0.2) is 4.39 Å². The fourth-order valence-corrected chi connectivity index (χ4v) is 3.37. The molecule has 1 aromatic carbocycles. The molecule has 3 nitrogen and oxygen atoms in total. The maximum Gasteiger partial charge on any atom is 0.224 e. The van der Waals surface area contributed by atoms with Crippen LogP contribution in [0.4, 0.5) is 4.39 Å². The molecule has 0 spiro atoms. The Kier molecular flexibility index (Phi) is 6.64. The van der Waals surface area contributed by atoms with Crippen molar-refractivity contribution in [1.82, 2.24) is 10.6 Å². The van der Waals surface area contributed by atoms with Crippen molar-refractivity contribution >= 4 is 17.5 Å². The lowest BCUT2D eigenvalue weighted by molar-refractivity contribution is -0.121. The fourth-order valence-electron chi connectivity index (χ4n) is 3.13. The molecule has 2 rings (SSSR count). The van der Waals surface area contributed by atoms with Gasteiger partial charge in [0.05, 0.1) is 6.42 Å². The molecule has 24 heavy (non-hydrogen) atoms. The summed E-state index contributed by atoms with van der Waals surface area (Å²) in [5.41, 5.74) is 0.946. The van der Waals surface area contributed by atoms with E-state index < -0.39 is 5.82 Å². The summed E-state index contributed by atoms with van der Waals surface area (Å²) in [6.45, 7) is 7.73. The number of amides is 1. The van der Waals surface area contributed by atoms with Crippen molar-refractivity contribution in [3.05, 3.63) is 34.6 Å². The van der Waals surface area contributed by atoms with Crippen molar-refractivity contribution < 1.29 is 9.18 Å². The molecular formula is C19H28ClFN2O. The van der Waals surface area contributed by atoms with Crippen LogP contribution in [0.15, 0.2) is 18.2 Å². The molecule has 2 N–H and O–H groups in total. The summed E-state index contributed by atoms with van der Waals surface area (Å²) in [5.74, 6) is -0.480. The van der Waals surface area contributed by atoms with Crippen LogP contribution in [-0.2, 0) is 11.2 Å². The molecule has 134 valence electrons. The Hall–Kier alpha value is -1.13. The number of benzene rings is 1. The molecule has 0 unspecified atom stereocenters. The lowest BCUT2D eigenvalue weighted by Gasteiger charge is -2.20. The molecule has 0 radical (unpaired) electrons. The lowest BCUT2D eigenvalue weighted by Crippen LogP contribution is -2.36. The fraction of sp³-hybridized carbons (Fsp3) is 0.632. The van der Waals surface area contributed by atoms with E-state index >= 15 is 0 Å². The highest BCUT2D eigenvalue weighted by Crippen LogP contribution is 2.22. The van der Waals surface area contributed by atoms with Crippen LogP contribution in [0.5, 0.6) is 0 Å². The van der Waals surface area contributed by atoms with E-state index in [2.05, 4.69) is 31.4 Å². The van der Waals surface area contributed by atoms with Crippen LogP contribution in [0.25, 0.3) is 0 Å². The molecule has 0 aromatic heterocycles. The minimum absolute atomic E-state index is 0.0722. The van der Waals surface area contributed by atoms with Gasteiger partial charge in [0.1, 0.15) is 5.82 Å². The van der Waals surface area contributed by atoms with E-state index in [1.165, 1.54) is 12.1 Å². The average molecular weight is 355 g/mol. The number of hydrogen-bond donors (Lipinski definition) is 2. The van der Waals surface area contributed by atoms with Gasteiger partial charge >= 0.3 is 0 Å². The van der Waals surface area contributed by atoms with Crippen LogP contribution in [0.3, 0.4) is 0 Å². The van der Waals surface area contributed by atoms with Gasteiger partial charge in [0.25, 0.3) is 0 Å². The minimum Gasteiger partial charge on any atom is -0.353 e. The first kappa shape index (κ1) is 19.2. The first-order valence-corrected chi connectivity index (χ1v) is 9.07. The molecule has 5 heteroatoms. The molecule has 1 fully saturated rings. The summed E-state index contributed by atoms with van der Waals surface area (Å²) in [4.78, 5) is 12.1. The van der Waals surface area contributed by atoms with Gasteiger partial charge in [-0.1, -0.05) is 32.4 Å². The lowest BCUT2D eigenvalue weighted by atomic mass is 9.92. The monoisotopic (exact) mass is 354 g/mol. The van der Waals surface area contributed by atoms with Crippen LogP contribution < -0.4 is 10.6 Å². The number of halogens is 2. The zero-order chi connectivity index (χ0) is 17.7. The molecule has 2 atom stereocenters. The van der Waals surface area contributed by atoms with Crippen LogP contribution in [-0.4, -0.2) is 24.5 Å². The molecule has 1 aliphatic carbocycles. The van der Waals surface area contributed by atoms with Crippen LogP contribution >= 0.6 is 11.6 Å². The molecule has 1 aromatic rings. The number of nitrogens with one attached hydrogen (secondary N) is 2. The predicted octanol–water partition coefficient (Wildman–Crippen LogP) is 4.08. The van der Waals surface area contributed by atoms with E-state index in [0.717, 1.165) is 32.2 Å². The Bertz CT molecular complexity index is 551. The molecular weight excluding hydrogens is 327 g/mol. The van der Waals surface area contributed by atoms with Crippen LogP contribution in [0.2, 0.25) is 5.02 Å². The normalized spacial score (nSPS) is 21.0. The Morgan fingerprint density at radius 2 is 1.96 bits per heavy atom. The van der Waals surface area contributed by atoms with Crippen molar-refractivity contribution in [2.24, 2.45) is 5.41 Å². The number of carbonyl (C=O) groups is 1. The Morgan fingerprint density at radius 3 is 2.62 bits per heavy atom. The van der Waals surface area contributed by atoms with Gasteiger partial charge in [0.15, 0.2) is 0 Å². The van der Waals surface area contributed by atoms with Crippen molar-refractivity contribution in [2.45, 2.75) is 65.0 Å². The summed E-state index contributed by atoms with van der Waals surface area (Å²) in [6, 6.07) is 4.91. The molecule has 1 saturated carbocycles. The third-order valence-electron chi connectivity index (χ3n) is 4.39. The number of rotatable bonds is 6. The summed E-state index contributed by atoms with van der Waals surface area (Å²) < 4.78 is 13.3.